The number of thioether (sulfide) groups is 1. The summed E-state index contributed by atoms with van der Waals surface area (Å²) in [7, 11) is 0. The molecule has 0 spiro atoms. The van der Waals surface area contributed by atoms with Crippen molar-refractivity contribution in [3.8, 4) is 17.6 Å². The van der Waals surface area contributed by atoms with E-state index in [2.05, 4.69) is 20.5 Å². The van der Waals surface area contributed by atoms with Crippen LogP contribution >= 0.6 is 11.8 Å². The van der Waals surface area contributed by atoms with Crippen molar-refractivity contribution in [2.45, 2.75) is 18.6 Å². The molecule has 1 N–H and O–H groups in total. The Bertz CT molecular complexity index is 931. The molecule has 2 heterocycles. The van der Waals surface area contributed by atoms with E-state index in [9.17, 15) is 4.79 Å². The number of pyridine rings is 1. The average molecular weight is 364 g/mol. The summed E-state index contributed by atoms with van der Waals surface area (Å²) in [6, 6.07) is 14.8. The van der Waals surface area contributed by atoms with Gasteiger partial charge in [0.15, 0.2) is 11.0 Å². The summed E-state index contributed by atoms with van der Waals surface area (Å²) in [5.41, 5.74) is 1.89. The molecule has 0 atom stereocenters. The van der Waals surface area contributed by atoms with Gasteiger partial charge in [0.25, 0.3) is 0 Å². The number of para-hydroxylation sites is 1. The van der Waals surface area contributed by atoms with Gasteiger partial charge in [-0.25, -0.2) is 0 Å². The van der Waals surface area contributed by atoms with Crippen molar-refractivity contribution >= 4 is 23.4 Å². The van der Waals surface area contributed by atoms with Crippen molar-refractivity contribution in [1.29, 1.82) is 5.26 Å². The van der Waals surface area contributed by atoms with E-state index in [1.165, 1.54) is 18.0 Å². The molecule has 0 bridgehead atoms. The van der Waals surface area contributed by atoms with E-state index in [4.69, 9.17) is 5.26 Å². The molecule has 0 aliphatic rings. The van der Waals surface area contributed by atoms with E-state index in [-0.39, 0.29) is 11.7 Å². The molecular formula is C18H16N6OS. The molecule has 0 unspecified atom stereocenters. The fourth-order valence-electron chi connectivity index (χ4n) is 2.31. The second-order valence-corrected chi connectivity index (χ2v) is 6.24. The Hall–Kier alpha value is -3.18. The molecule has 0 radical (unpaired) electrons. The van der Waals surface area contributed by atoms with Gasteiger partial charge in [0.05, 0.1) is 11.3 Å². The molecule has 1 amide bonds. The molecule has 3 rings (SSSR count). The molecule has 26 heavy (non-hydrogen) atoms. The van der Waals surface area contributed by atoms with Crippen LogP contribution in [-0.2, 0) is 11.3 Å². The Balaban J connectivity index is 1.70. The lowest BCUT2D eigenvalue weighted by Gasteiger charge is -2.07. The van der Waals surface area contributed by atoms with Gasteiger partial charge in [-0.15, -0.1) is 10.2 Å². The van der Waals surface area contributed by atoms with Crippen LogP contribution in [0.15, 0.2) is 53.8 Å². The third-order valence-corrected chi connectivity index (χ3v) is 4.51. The second-order valence-electron chi connectivity index (χ2n) is 5.30. The Kier molecular flexibility index (Phi) is 5.61. The van der Waals surface area contributed by atoms with Crippen molar-refractivity contribution in [2.75, 3.05) is 11.1 Å². The maximum absolute atomic E-state index is 12.1. The first kappa shape index (κ1) is 17.6. The van der Waals surface area contributed by atoms with Crippen molar-refractivity contribution in [1.82, 2.24) is 19.7 Å². The number of benzene rings is 1. The normalized spacial score (nSPS) is 10.3. The Morgan fingerprint density at radius 3 is 2.69 bits per heavy atom. The highest BCUT2D eigenvalue weighted by Gasteiger charge is 2.15. The van der Waals surface area contributed by atoms with Gasteiger partial charge in [0, 0.05) is 18.4 Å². The third kappa shape index (κ3) is 4.07. The minimum absolute atomic E-state index is 0.107. The predicted molar refractivity (Wildman–Crippen MR) is 99.4 cm³/mol. The largest absolute Gasteiger partial charge is 0.325 e. The van der Waals surface area contributed by atoms with Gasteiger partial charge in [0.1, 0.15) is 11.8 Å². The summed E-state index contributed by atoms with van der Waals surface area (Å²) < 4.78 is 1.90. The molecule has 1 aromatic carbocycles. The van der Waals surface area contributed by atoms with E-state index in [0.29, 0.717) is 28.8 Å². The van der Waals surface area contributed by atoms with Crippen LogP contribution < -0.4 is 5.32 Å². The van der Waals surface area contributed by atoms with Crippen molar-refractivity contribution in [3.63, 3.8) is 0 Å². The van der Waals surface area contributed by atoms with Crippen LogP contribution in [0.1, 0.15) is 12.5 Å². The molecule has 0 fully saturated rings. The first-order valence-electron chi connectivity index (χ1n) is 7.98. The van der Waals surface area contributed by atoms with Gasteiger partial charge >= 0.3 is 0 Å². The fourth-order valence-corrected chi connectivity index (χ4v) is 3.11. The highest BCUT2D eigenvalue weighted by molar-refractivity contribution is 7.99. The molecular weight excluding hydrogens is 348 g/mol. The first-order valence-corrected chi connectivity index (χ1v) is 8.97. The maximum atomic E-state index is 12.1. The van der Waals surface area contributed by atoms with Gasteiger partial charge in [-0.2, -0.15) is 5.26 Å². The monoisotopic (exact) mass is 364 g/mol. The van der Waals surface area contributed by atoms with Crippen LogP contribution in [0, 0.1) is 11.3 Å². The Morgan fingerprint density at radius 2 is 2.04 bits per heavy atom. The van der Waals surface area contributed by atoms with E-state index in [1.54, 1.807) is 12.1 Å². The molecule has 0 saturated carbocycles. The number of hydrogen-bond acceptors (Lipinski definition) is 6. The van der Waals surface area contributed by atoms with Crippen molar-refractivity contribution < 1.29 is 4.79 Å². The number of nitrogens with zero attached hydrogens (tertiary/aromatic N) is 5. The molecule has 2 aromatic heterocycles. The summed E-state index contributed by atoms with van der Waals surface area (Å²) in [5.74, 6) is 0.737. The zero-order valence-corrected chi connectivity index (χ0v) is 14.9. The maximum Gasteiger partial charge on any atom is 0.234 e. The topological polar surface area (TPSA) is 96.5 Å². The van der Waals surface area contributed by atoms with E-state index in [1.807, 2.05) is 47.9 Å². The molecule has 8 heteroatoms. The van der Waals surface area contributed by atoms with Crippen LogP contribution in [0.25, 0.3) is 11.5 Å². The van der Waals surface area contributed by atoms with Crippen LogP contribution in [-0.4, -0.2) is 31.4 Å². The fraction of sp³-hybridized carbons (Fsp3) is 0.167. The number of aromatic nitrogens is 4. The van der Waals surface area contributed by atoms with Gasteiger partial charge in [-0.05, 0) is 31.2 Å². The lowest BCUT2D eigenvalue weighted by atomic mass is 10.2. The van der Waals surface area contributed by atoms with E-state index in [0.717, 1.165) is 5.69 Å². The standard InChI is InChI=1S/C18H16N6OS/c1-2-24-17(15-9-8-13(10-19)11-20-15)22-23-18(24)26-12-16(25)21-14-6-4-3-5-7-14/h3-9,11H,2,12H2,1H3,(H,21,25). The minimum Gasteiger partial charge on any atom is -0.325 e. The van der Waals surface area contributed by atoms with Crippen LogP contribution in [0.5, 0.6) is 0 Å². The van der Waals surface area contributed by atoms with Gasteiger partial charge in [-0.1, -0.05) is 30.0 Å². The summed E-state index contributed by atoms with van der Waals surface area (Å²) >= 11 is 1.32. The average Bonchev–Trinajstić information content (AvgIpc) is 3.10. The van der Waals surface area contributed by atoms with Crippen LogP contribution in [0.3, 0.4) is 0 Å². The number of nitrogens with one attached hydrogen (secondary N) is 1. The smallest absolute Gasteiger partial charge is 0.234 e. The lowest BCUT2D eigenvalue weighted by molar-refractivity contribution is -0.113. The quantitative estimate of drug-likeness (QED) is 0.676. The molecule has 0 aliphatic carbocycles. The van der Waals surface area contributed by atoms with Crippen LogP contribution in [0.4, 0.5) is 5.69 Å². The molecule has 0 aliphatic heterocycles. The van der Waals surface area contributed by atoms with E-state index >= 15 is 0 Å². The Labute approximate surface area is 155 Å². The summed E-state index contributed by atoms with van der Waals surface area (Å²) in [6.45, 7) is 2.62. The Morgan fingerprint density at radius 1 is 1.23 bits per heavy atom. The predicted octanol–water partition coefficient (Wildman–Crippen LogP) is 2.96. The van der Waals surface area contributed by atoms with Crippen LogP contribution in [0.2, 0.25) is 0 Å². The second kappa shape index (κ2) is 8.27. The highest BCUT2D eigenvalue weighted by atomic mass is 32.2. The minimum atomic E-state index is -0.107. The lowest BCUT2D eigenvalue weighted by Crippen LogP contribution is -2.14. The highest BCUT2D eigenvalue weighted by Crippen LogP contribution is 2.23. The van der Waals surface area contributed by atoms with Gasteiger partial charge in [0.2, 0.25) is 5.91 Å². The molecule has 0 saturated heterocycles. The van der Waals surface area contributed by atoms with Crippen molar-refractivity contribution in [2.24, 2.45) is 0 Å². The number of hydrogen-bond donors (Lipinski definition) is 1. The molecule has 3 aromatic rings. The zero-order valence-electron chi connectivity index (χ0n) is 14.1. The van der Waals surface area contributed by atoms with E-state index < -0.39 is 0 Å². The summed E-state index contributed by atoms with van der Waals surface area (Å²) in [5, 5.41) is 20.7. The summed E-state index contributed by atoms with van der Waals surface area (Å²) in [6.07, 6.45) is 1.50. The van der Waals surface area contributed by atoms with Gasteiger partial charge in [-0.3, -0.25) is 9.78 Å². The zero-order chi connectivity index (χ0) is 18.4. The van der Waals surface area contributed by atoms with Gasteiger partial charge < -0.3 is 9.88 Å². The molecule has 130 valence electrons. The number of nitriles is 1. The number of carbonyl (C=O) groups excluding carboxylic acids is 1. The number of anilines is 1. The van der Waals surface area contributed by atoms with Crippen molar-refractivity contribution in [3.05, 3.63) is 54.2 Å². The number of rotatable bonds is 6. The number of amides is 1. The third-order valence-electron chi connectivity index (χ3n) is 3.54. The SMILES string of the molecule is CCn1c(SCC(=O)Nc2ccccc2)nnc1-c1ccc(C#N)cn1. The number of carbonyl (C=O) groups is 1. The molecule has 7 nitrogen and oxygen atoms in total. The first-order chi connectivity index (χ1) is 12.7. The summed E-state index contributed by atoms with van der Waals surface area (Å²) in [4.78, 5) is 16.4.